The number of hydrogen-bond acceptors (Lipinski definition) is 2. The van der Waals surface area contributed by atoms with Gasteiger partial charge in [0.2, 0.25) is 0 Å². The van der Waals surface area contributed by atoms with E-state index in [-0.39, 0.29) is 0 Å². The second-order valence-corrected chi connectivity index (χ2v) is 9.58. The smallest absolute Gasteiger partial charge is 0.199 e. The zero-order valence-corrected chi connectivity index (χ0v) is 16.3. The molecule has 136 valence electrons. The van der Waals surface area contributed by atoms with Crippen LogP contribution in [0.25, 0.3) is 0 Å². The van der Waals surface area contributed by atoms with Crippen LogP contribution >= 0.6 is 7.26 Å². The van der Waals surface area contributed by atoms with E-state index in [9.17, 15) is 0 Å². The van der Waals surface area contributed by atoms with Gasteiger partial charge in [0.1, 0.15) is 15.9 Å². The third-order valence-corrected chi connectivity index (χ3v) is 8.39. The first-order chi connectivity index (χ1) is 13.9. The largest absolute Gasteiger partial charge is 0.354 e. The number of rotatable bonds is 6. The highest BCUT2D eigenvalue weighted by Crippen LogP contribution is 2.52. The number of benzene rings is 4. The predicted octanol–water partition coefficient (Wildman–Crippen LogP) is 5.00. The minimum atomic E-state index is -2.11. The van der Waals surface area contributed by atoms with Crippen molar-refractivity contribution in [2.24, 2.45) is 5.16 Å². The summed E-state index contributed by atoms with van der Waals surface area (Å²) in [6.45, 7) is 0. The minimum absolute atomic E-state index is 0.728. The Kier molecular flexibility index (Phi) is 5.61. The lowest BCUT2D eigenvalue weighted by Crippen LogP contribution is -2.32. The minimum Gasteiger partial charge on any atom is -0.354 e. The van der Waals surface area contributed by atoms with Gasteiger partial charge in [0.05, 0.1) is 0 Å². The van der Waals surface area contributed by atoms with Crippen LogP contribution in [-0.4, -0.2) is 5.96 Å². The summed E-state index contributed by atoms with van der Waals surface area (Å²) in [5, 5.41) is 8.20. The van der Waals surface area contributed by atoms with Crippen LogP contribution in [0.2, 0.25) is 0 Å². The second-order valence-electron chi connectivity index (χ2n) is 6.35. The molecule has 0 saturated heterocycles. The van der Waals surface area contributed by atoms with Crippen LogP contribution in [0.3, 0.4) is 0 Å². The molecule has 0 heterocycles. The van der Waals surface area contributed by atoms with E-state index in [1.54, 1.807) is 0 Å². The molecule has 0 aliphatic heterocycles. The number of para-hydroxylation sites is 1. The van der Waals surface area contributed by atoms with E-state index in [2.05, 4.69) is 78.0 Å². The SMILES string of the molecule is C(=N\Oc1ccccc1)/[P+](c1ccccc1)(c1ccccc1)c1ccccc1. The van der Waals surface area contributed by atoms with Crippen molar-refractivity contribution in [1.29, 1.82) is 0 Å². The van der Waals surface area contributed by atoms with Crippen LogP contribution in [0.1, 0.15) is 0 Å². The fourth-order valence-electron chi connectivity index (χ4n) is 3.27. The molecule has 0 aliphatic carbocycles. The molecule has 0 spiro atoms. The molecule has 0 radical (unpaired) electrons. The molecule has 2 nitrogen and oxygen atoms in total. The lowest BCUT2D eigenvalue weighted by molar-refractivity contribution is 0.345. The molecular weight excluding hydrogens is 361 g/mol. The lowest BCUT2D eigenvalue weighted by Gasteiger charge is -2.22. The quantitative estimate of drug-likeness (QED) is 0.261. The normalized spacial score (nSPS) is 11.4. The Morgan fingerprint density at radius 3 is 1.25 bits per heavy atom. The molecule has 0 aliphatic rings. The molecule has 3 heteroatoms. The lowest BCUT2D eigenvalue weighted by atomic mass is 10.3. The fraction of sp³-hybridized carbons (Fsp3) is 0. The number of nitrogens with zero attached hydrogens (tertiary/aromatic N) is 1. The monoisotopic (exact) mass is 382 g/mol. The number of hydrogen-bond donors (Lipinski definition) is 0. The fourth-order valence-corrected chi connectivity index (χ4v) is 6.68. The van der Waals surface area contributed by atoms with Crippen LogP contribution in [0, 0.1) is 0 Å². The van der Waals surface area contributed by atoms with Crippen molar-refractivity contribution in [3.05, 3.63) is 121 Å². The molecule has 0 N–H and O–H groups in total. The molecule has 0 unspecified atom stereocenters. The van der Waals surface area contributed by atoms with Gasteiger partial charge in [-0.05, 0) is 53.7 Å². The highest BCUT2D eigenvalue weighted by Gasteiger charge is 2.44. The van der Waals surface area contributed by atoms with Gasteiger partial charge in [0.15, 0.2) is 19.0 Å². The van der Waals surface area contributed by atoms with Gasteiger partial charge in [-0.1, -0.05) is 72.8 Å². The summed E-state index contributed by atoms with van der Waals surface area (Å²) in [6.07, 6.45) is 0. The van der Waals surface area contributed by atoms with Crippen molar-refractivity contribution in [1.82, 2.24) is 0 Å². The molecule has 4 rings (SSSR count). The molecule has 0 aromatic heterocycles. The average molecular weight is 382 g/mol. The molecule has 0 saturated carbocycles. The van der Waals surface area contributed by atoms with E-state index in [1.807, 2.05) is 54.5 Å². The molecule has 4 aromatic rings. The van der Waals surface area contributed by atoms with Crippen molar-refractivity contribution in [3.8, 4) is 5.75 Å². The Bertz CT molecular complexity index is 922. The molecule has 0 atom stereocenters. The third-order valence-electron chi connectivity index (χ3n) is 4.61. The zero-order chi connectivity index (χ0) is 19.1. The first-order valence-corrected chi connectivity index (χ1v) is 11.1. The van der Waals surface area contributed by atoms with Gasteiger partial charge in [-0.15, -0.1) is 0 Å². The molecule has 28 heavy (non-hydrogen) atoms. The maximum atomic E-state index is 5.72. The van der Waals surface area contributed by atoms with E-state index in [0.717, 1.165) is 5.75 Å². The summed E-state index contributed by atoms with van der Waals surface area (Å²) in [7, 11) is -2.11. The maximum Gasteiger partial charge on any atom is 0.199 e. The highest BCUT2D eigenvalue weighted by molar-refractivity contribution is 8.06. The second kappa shape index (κ2) is 8.65. The highest BCUT2D eigenvalue weighted by atomic mass is 31.2. The van der Waals surface area contributed by atoms with Crippen LogP contribution in [0.5, 0.6) is 5.75 Å². The van der Waals surface area contributed by atoms with Gasteiger partial charge in [0.25, 0.3) is 0 Å². The summed E-state index contributed by atoms with van der Waals surface area (Å²) in [4.78, 5) is 5.72. The van der Waals surface area contributed by atoms with Crippen LogP contribution in [0.4, 0.5) is 0 Å². The van der Waals surface area contributed by atoms with Gasteiger partial charge in [0, 0.05) is 0 Å². The first kappa shape index (κ1) is 18.2. The Hall–Kier alpha value is -3.22. The van der Waals surface area contributed by atoms with E-state index in [0.29, 0.717) is 0 Å². The topological polar surface area (TPSA) is 21.6 Å². The molecule has 4 aromatic carbocycles. The van der Waals surface area contributed by atoms with Gasteiger partial charge in [-0.3, -0.25) is 0 Å². The van der Waals surface area contributed by atoms with E-state index >= 15 is 0 Å². The summed E-state index contributed by atoms with van der Waals surface area (Å²) in [6, 6.07) is 41.4. The summed E-state index contributed by atoms with van der Waals surface area (Å²) in [5.74, 6) is 2.74. The van der Waals surface area contributed by atoms with Gasteiger partial charge in [-0.2, -0.15) is 0 Å². The van der Waals surface area contributed by atoms with E-state index in [1.165, 1.54) is 15.9 Å². The molecular formula is C25H21NOP+. The zero-order valence-electron chi connectivity index (χ0n) is 15.4. The van der Waals surface area contributed by atoms with Crippen LogP contribution in [-0.2, 0) is 0 Å². The summed E-state index contributed by atoms with van der Waals surface area (Å²) in [5.41, 5.74) is 0. The van der Waals surface area contributed by atoms with Crippen molar-refractivity contribution >= 4 is 29.1 Å². The Morgan fingerprint density at radius 2 is 0.857 bits per heavy atom. The van der Waals surface area contributed by atoms with Crippen LogP contribution < -0.4 is 20.8 Å². The van der Waals surface area contributed by atoms with Gasteiger partial charge >= 0.3 is 0 Å². The average Bonchev–Trinajstić information content (AvgIpc) is 2.79. The maximum absolute atomic E-state index is 5.72. The Balaban J connectivity index is 1.88. The van der Waals surface area contributed by atoms with Crippen LogP contribution in [0.15, 0.2) is 126 Å². The molecule has 0 amide bonds. The Morgan fingerprint density at radius 1 is 0.500 bits per heavy atom. The Labute approximate surface area is 166 Å². The number of oxime groups is 1. The van der Waals surface area contributed by atoms with Crippen molar-refractivity contribution in [2.75, 3.05) is 0 Å². The van der Waals surface area contributed by atoms with Crippen molar-refractivity contribution < 1.29 is 4.84 Å². The third kappa shape index (κ3) is 3.74. The molecule has 0 fully saturated rings. The van der Waals surface area contributed by atoms with E-state index in [4.69, 9.17) is 4.84 Å². The van der Waals surface area contributed by atoms with Gasteiger partial charge < -0.3 is 4.84 Å². The first-order valence-electron chi connectivity index (χ1n) is 9.22. The molecule has 0 bridgehead atoms. The predicted molar refractivity (Wildman–Crippen MR) is 121 cm³/mol. The van der Waals surface area contributed by atoms with E-state index < -0.39 is 7.26 Å². The van der Waals surface area contributed by atoms with Crippen molar-refractivity contribution in [3.63, 3.8) is 0 Å². The summed E-state index contributed by atoms with van der Waals surface area (Å²) < 4.78 is 0. The summed E-state index contributed by atoms with van der Waals surface area (Å²) >= 11 is 0. The standard InChI is InChI=1S/C25H21NOP/c1-5-13-22(14-6-1)27-26-21-28(23-15-7-2-8-16-23,24-17-9-3-10-18-24)25-19-11-4-12-20-25/h1-21H/q+1/b26-21+. The van der Waals surface area contributed by atoms with Crippen molar-refractivity contribution in [2.45, 2.75) is 0 Å². The van der Waals surface area contributed by atoms with Gasteiger partial charge in [-0.25, -0.2) is 0 Å².